The van der Waals surface area contributed by atoms with Crippen LogP contribution in [-0.2, 0) is 4.74 Å². The molecule has 0 spiro atoms. The number of hydrogen-bond donors (Lipinski definition) is 0. The van der Waals surface area contributed by atoms with Crippen LogP contribution < -0.4 is 0 Å². The fourth-order valence-corrected chi connectivity index (χ4v) is 2.73. The fraction of sp³-hybridized carbons (Fsp3) is 1.00. The van der Waals surface area contributed by atoms with Gasteiger partial charge in [-0.2, -0.15) is 0 Å². The van der Waals surface area contributed by atoms with Gasteiger partial charge in [-0.1, -0.05) is 22.4 Å². The second-order valence-corrected chi connectivity index (χ2v) is 5.95. The first-order valence-corrected chi connectivity index (χ1v) is 7.09. The molecule has 0 aromatic carbocycles. The molecule has 1 saturated heterocycles. The number of rotatable bonds is 4. The van der Waals surface area contributed by atoms with Gasteiger partial charge in [-0.05, 0) is 40.2 Å². The molecule has 0 amide bonds. The summed E-state index contributed by atoms with van der Waals surface area (Å²) in [6, 6.07) is 0.724. The normalized spacial score (nSPS) is 24.4. The lowest BCUT2D eigenvalue weighted by molar-refractivity contribution is -0.0194. The van der Waals surface area contributed by atoms with E-state index in [1.54, 1.807) is 0 Å². The predicted molar refractivity (Wildman–Crippen MR) is 68.7 cm³/mol. The highest BCUT2D eigenvalue weighted by Gasteiger charge is 2.21. The number of likely N-dealkylation sites (tertiary alicyclic amines) is 1. The maximum atomic E-state index is 5.77. The molecule has 0 saturated carbocycles. The minimum atomic E-state index is -0.000312. The van der Waals surface area contributed by atoms with Crippen molar-refractivity contribution in [3.8, 4) is 0 Å². The second-order valence-electron chi connectivity index (χ2n) is 5.30. The van der Waals surface area contributed by atoms with Gasteiger partial charge in [0.05, 0.1) is 12.2 Å². The van der Waals surface area contributed by atoms with E-state index in [0.29, 0.717) is 0 Å². The first-order valence-electron chi connectivity index (χ1n) is 5.97. The van der Waals surface area contributed by atoms with Crippen LogP contribution in [0.4, 0.5) is 0 Å². The molecule has 1 aliphatic heterocycles. The van der Waals surface area contributed by atoms with Crippen LogP contribution in [0.25, 0.3) is 0 Å². The van der Waals surface area contributed by atoms with Crippen molar-refractivity contribution in [1.82, 2.24) is 4.90 Å². The zero-order valence-corrected chi connectivity index (χ0v) is 11.8. The Bertz CT molecular complexity index is 179. The van der Waals surface area contributed by atoms with Gasteiger partial charge in [-0.3, -0.25) is 4.90 Å². The molecule has 0 aliphatic carbocycles. The van der Waals surface area contributed by atoms with Crippen LogP contribution in [0.15, 0.2) is 0 Å². The van der Waals surface area contributed by atoms with Crippen molar-refractivity contribution >= 4 is 15.9 Å². The van der Waals surface area contributed by atoms with Crippen LogP contribution in [0.2, 0.25) is 0 Å². The Balaban J connectivity index is 2.23. The Kier molecular flexibility index (Phi) is 5.58. The van der Waals surface area contributed by atoms with E-state index in [4.69, 9.17) is 4.74 Å². The zero-order chi connectivity index (χ0) is 11.3. The van der Waals surface area contributed by atoms with Crippen molar-refractivity contribution in [3.05, 3.63) is 0 Å². The molecule has 1 unspecified atom stereocenters. The molecular weight excluding hydrogens is 254 g/mol. The zero-order valence-electron chi connectivity index (χ0n) is 10.3. The minimum Gasteiger partial charge on any atom is -0.375 e. The van der Waals surface area contributed by atoms with E-state index < -0.39 is 0 Å². The van der Waals surface area contributed by atoms with Gasteiger partial charge in [0, 0.05) is 17.9 Å². The lowest BCUT2D eigenvalue weighted by Crippen LogP contribution is -2.43. The smallest absolute Gasteiger partial charge is 0.0600 e. The Morgan fingerprint density at radius 3 is 2.67 bits per heavy atom. The summed E-state index contributed by atoms with van der Waals surface area (Å²) < 4.78 is 5.77. The van der Waals surface area contributed by atoms with Gasteiger partial charge >= 0.3 is 0 Å². The van der Waals surface area contributed by atoms with Gasteiger partial charge in [-0.15, -0.1) is 0 Å². The SMILES string of the molecule is CC(C)(C)OCCN1CCCCC1CBr. The molecule has 1 atom stereocenters. The lowest BCUT2D eigenvalue weighted by atomic mass is 10.0. The molecule has 0 aromatic heterocycles. The summed E-state index contributed by atoms with van der Waals surface area (Å²) in [7, 11) is 0. The Morgan fingerprint density at radius 2 is 2.07 bits per heavy atom. The van der Waals surface area contributed by atoms with Crippen molar-refractivity contribution in [2.45, 2.75) is 51.7 Å². The molecular formula is C12H24BrNO. The van der Waals surface area contributed by atoms with Crippen LogP contribution in [0.5, 0.6) is 0 Å². The second kappa shape index (κ2) is 6.21. The van der Waals surface area contributed by atoms with Crippen LogP contribution in [0.3, 0.4) is 0 Å². The van der Waals surface area contributed by atoms with Gasteiger partial charge in [0.15, 0.2) is 0 Å². The third kappa shape index (κ3) is 5.32. The predicted octanol–water partition coefficient (Wildman–Crippen LogP) is 3.05. The van der Waals surface area contributed by atoms with Gasteiger partial charge in [0.1, 0.15) is 0 Å². The molecule has 15 heavy (non-hydrogen) atoms. The Morgan fingerprint density at radius 1 is 1.33 bits per heavy atom. The summed E-state index contributed by atoms with van der Waals surface area (Å²) in [4.78, 5) is 2.56. The molecule has 0 radical (unpaired) electrons. The maximum absolute atomic E-state index is 5.77. The van der Waals surface area contributed by atoms with E-state index >= 15 is 0 Å². The molecule has 1 aliphatic rings. The molecule has 1 heterocycles. The highest BCUT2D eigenvalue weighted by atomic mass is 79.9. The average Bonchev–Trinajstić information content (AvgIpc) is 2.16. The van der Waals surface area contributed by atoms with E-state index in [1.165, 1.54) is 25.8 Å². The number of hydrogen-bond acceptors (Lipinski definition) is 2. The molecule has 3 heteroatoms. The van der Waals surface area contributed by atoms with Crippen molar-refractivity contribution < 1.29 is 4.74 Å². The van der Waals surface area contributed by atoms with E-state index in [0.717, 1.165) is 24.5 Å². The summed E-state index contributed by atoms with van der Waals surface area (Å²) in [5, 5.41) is 1.10. The highest BCUT2D eigenvalue weighted by molar-refractivity contribution is 9.09. The molecule has 0 aromatic rings. The van der Waals surface area contributed by atoms with Crippen LogP contribution in [0, 0.1) is 0 Å². The number of halogens is 1. The first-order chi connectivity index (χ1) is 7.03. The molecule has 1 fully saturated rings. The van der Waals surface area contributed by atoms with E-state index in [9.17, 15) is 0 Å². The Hall–Kier alpha value is 0.400. The quantitative estimate of drug-likeness (QED) is 0.733. The maximum Gasteiger partial charge on any atom is 0.0600 e. The first kappa shape index (κ1) is 13.5. The van der Waals surface area contributed by atoms with Crippen molar-refractivity contribution in [1.29, 1.82) is 0 Å². The van der Waals surface area contributed by atoms with Crippen LogP contribution in [0.1, 0.15) is 40.0 Å². The van der Waals surface area contributed by atoms with E-state index in [-0.39, 0.29) is 5.60 Å². The van der Waals surface area contributed by atoms with Gasteiger partial charge in [-0.25, -0.2) is 0 Å². The molecule has 2 nitrogen and oxygen atoms in total. The highest BCUT2D eigenvalue weighted by Crippen LogP contribution is 2.18. The minimum absolute atomic E-state index is 0.000312. The van der Waals surface area contributed by atoms with Crippen molar-refractivity contribution in [2.24, 2.45) is 0 Å². The topological polar surface area (TPSA) is 12.5 Å². The monoisotopic (exact) mass is 277 g/mol. The molecule has 1 rings (SSSR count). The van der Waals surface area contributed by atoms with E-state index in [1.807, 2.05) is 0 Å². The van der Waals surface area contributed by atoms with Crippen molar-refractivity contribution in [3.63, 3.8) is 0 Å². The lowest BCUT2D eigenvalue weighted by Gasteiger charge is -2.35. The summed E-state index contributed by atoms with van der Waals surface area (Å²) in [5.74, 6) is 0. The third-order valence-corrected chi connectivity index (χ3v) is 3.59. The molecule has 0 bridgehead atoms. The average molecular weight is 278 g/mol. The number of alkyl halides is 1. The van der Waals surface area contributed by atoms with Crippen LogP contribution >= 0.6 is 15.9 Å². The number of piperidine rings is 1. The largest absolute Gasteiger partial charge is 0.375 e. The fourth-order valence-electron chi connectivity index (χ4n) is 2.00. The van der Waals surface area contributed by atoms with Gasteiger partial charge < -0.3 is 4.74 Å². The van der Waals surface area contributed by atoms with Crippen LogP contribution in [-0.4, -0.2) is 41.6 Å². The molecule has 0 N–H and O–H groups in total. The van der Waals surface area contributed by atoms with Gasteiger partial charge in [0.2, 0.25) is 0 Å². The summed E-state index contributed by atoms with van der Waals surface area (Å²) in [5.41, 5.74) is -0.000312. The summed E-state index contributed by atoms with van der Waals surface area (Å²) in [6.45, 7) is 9.52. The standard InChI is InChI=1S/C12H24BrNO/c1-12(2,3)15-9-8-14-7-5-4-6-11(14)10-13/h11H,4-10H2,1-3H3. The third-order valence-electron chi connectivity index (χ3n) is 2.84. The van der Waals surface area contributed by atoms with E-state index in [2.05, 4.69) is 41.6 Å². The number of ether oxygens (including phenoxy) is 1. The molecule has 90 valence electrons. The summed E-state index contributed by atoms with van der Waals surface area (Å²) >= 11 is 3.60. The van der Waals surface area contributed by atoms with Gasteiger partial charge in [0.25, 0.3) is 0 Å². The Labute approximate surface area is 102 Å². The van der Waals surface area contributed by atoms with Crippen molar-refractivity contribution in [2.75, 3.05) is 25.0 Å². The number of nitrogens with zero attached hydrogens (tertiary/aromatic N) is 1. The summed E-state index contributed by atoms with van der Waals surface area (Å²) in [6.07, 6.45) is 4.06.